The van der Waals surface area contributed by atoms with Gasteiger partial charge in [0, 0.05) is 18.6 Å². The summed E-state index contributed by atoms with van der Waals surface area (Å²) in [6.45, 7) is 7.72. The smallest absolute Gasteiger partial charge is 0.0194 e. The van der Waals surface area contributed by atoms with E-state index < -0.39 is 0 Å². The van der Waals surface area contributed by atoms with Gasteiger partial charge in [-0.25, -0.2) is 0 Å². The van der Waals surface area contributed by atoms with Gasteiger partial charge >= 0.3 is 0 Å². The average Bonchev–Trinajstić information content (AvgIpc) is 2.15. The van der Waals surface area contributed by atoms with E-state index in [0.29, 0.717) is 12.1 Å². The molecule has 0 aromatic carbocycles. The van der Waals surface area contributed by atoms with Crippen LogP contribution in [0.1, 0.15) is 26.7 Å². The van der Waals surface area contributed by atoms with Crippen molar-refractivity contribution in [2.75, 3.05) is 26.7 Å². The van der Waals surface area contributed by atoms with Gasteiger partial charge in [0.2, 0.25) is 0 Å². The van der Waals surface area contributed by atoms with E-state index in [4.69, 9.17) is 5.73 Å². The molecule has 1 aliphatic rings. The first-order valence-corrected chi connectivity index (χ1v) is 5.77. The molecule has 3 N–H and O–H groups in total. The highest BCUT2D eigenvalue weighted by atomic mass is 15.1. The number of rotatable bonds is 4. The van der Waals surface area contributed by atoms with Gasteiger partial charge in [-0.2, -0.15) is 0 Å². The summed E-state index contributed by atoms with van der Waals surface area (Å²) < 4.78 is 0. The van der Waals surface area contributed by atoms with E-state index in [1.165, 1.54) is 25.9 Å². The second-order valence-electron chi connectivity index (χ2n) is 4.87. The van der Waals surface area contributed by atoms with Crippen molar-refractivity contribution in [2.24, 2.45) is 11.7 Å². The SMILES string of the molecule is CC(C)NCC(N)C1CCN(C)CC1. The molecule has 0 aliphatic carbocycles. The Morgan fingerprint density at radius 2 is 1.93 bits per heavy atom. The van der Waals surface area contributed by atoms with Crippen LogP contribution in [0, 0.1) is 5.92 Å². The molecule has 1 fully saturated rings. The molecule has 1 atom stereocenters. The maximum atomic E-state index is 6.16. The molecule has 0 radical (unpaired) electrons. The molecule has 0 spiro atoms. The third-order valence-electron chi connectivity index (χ3n) is 3.13. The van der Waals surface area contributed by atoms with Crippen LogP contribution in [0.15, 0.2) is 0 Å². The molecule has 3 heteroatoms. The fourth-order valence-corrected chi connectivity index (χ4v) is 2.00. The van der Waals surface area contributed by atoms with Gasteiger partial charge in [0.25, 0.3) is 0 Å². The van der Waals surface area contributed by atoms with Crippen LogP contribution in [0.5, 0.6) is 0 Å². The number of nitrogens with two attached hydrogens (primary N) is 1. The molecule has 1 saturated heterocycles. The number of hydrogen-bond donors (Lipinski definition) is 2. The van der Waals surface area contributed by atoms with E-state index in [9.17, 15) is 0 Å². The third-order valence-corrected chi connectivity index (χ3v) is 3.13. The van der Waals surface area contributed by atoms with Crippen molar-refractivity contribution in [3.05, 3.63) is 0 Å². The number of piperidine rings is 1. The maximum absolute atomic E-state index is 6.16. The number of nitrogens with one attached hydrogen (secondary N) is 1. The van der Waals surface area contributed by atoms with E-state index in [-0.39, 0.29) is 0 Å². The van der Waals surface area contributed by atoms with E-state index >= 15 is 0 Å². The summed E-state index contributed by atoms with van der Waals surface area (Å²) in [5, 5.41) is 3.42. The Hall–Kier alpha value is -0.120. The predicted octanol–water partition coefficient (Wildman–Crippen LogP) is 0.654. The van der Waals surface area contributed by atoms with Gasteiger partial charge in [0.15, 0.2) is 0 Å². The maximum Gasteiger partial charge on any atom is 0.0194 e. The quantitative estimate of drug-likeness (QED) is 0.698. The molecule has 1 unspecified atom stereocenters. The summed E-state index contributed by atoms with van der Waals surface area (Å²) in [7, 11) is 2.19. The van der Waals surface area contributed by atoms with Crippen LogP contribution in [-0.4, -0.2) is 43.7 Å². The number of hydrogen-bond acceptors (Lipinski definition) is 3. The van der Waals surface area contributed by atoms with Crippen molar-refractivity contribution in [2.45, 2.75) is 38.8 Å². The number of likely N-dealkylation sites (tertiary alicyclic amines) is 1. The molecular weight excluding hydrogens is 174 g/mol. The summed E-state index contributed by atoms with van der Waals surface area (Å²) in [4.78, 5) is 2.39. The first kappa shape index (κ1) is 12.0. The normalized spacial score (nSPS) is 22.9. The molecule has 84 valence electrons. The van der Waals surface area contributed by atoms with Crippen molar-refractivity contribution in [1.82, 2.24) is 10.2 Å². The minimum absolute atomic E-state index is 0.339. The van der Waals surface area contributed by atoms with Gasteiger partial charge in [-0.05, 0) is 38.9 Å². The van der Waals surface area contributed by atoms with Crippen LogP contribution in [0.25, 0.3) is 0 Å². The minimum Gasteiger partial charge on any atom is -0.326 e. The molecule has 0 aromatic rings. The molecule has 1 aliphatic heterocycles. The molecule has 0 saturated carbocycles. The van der Waals surface area contributed by atoms with E-state index in [1.807, 2.05) is 0 Å². The molecule has 14 heavy (non-hydrogen) atoms. The zero-order valence-electron chi connectivity index (χ0n) is 9.79. The van der Waals surface area contributed by atoms with Gasteiger partial charge in [-0.1, -0.05) is 13.8 Å². The second-order valence-corrected chi connectivity index (χ2v) is 4.87. The van der Waals surface area contributed by atoms with Crippen LogP contribution in [-0.2, 0) is 0 Å². The number of nitrogens with zero attached hydrogens (tertiary/aromatic N) is 1. The van der Waals surface area contributed by atoms with Crippen molar-refractivity contribution in [1.29, 1.82) is 0 Å². The largest absolute Gasteiger partial charge is 0.326 e. The zero-order chi connectivity index (χ0) is 10.6. The lowest BCUT2D eigenvalue weighted by molar-refractivity contribution is 0.196. The van der Waals surface area contributed by atoms with Crippen LogP contribution in [0.2, 0.25) is 0 Å². The van der Waals surface area contributed by atoms with Gasteiger partial charge in [-0.3, -0.25) is 0 Å². The van der Waals surface area contributed by atoms with E-state index in [0.717, 1.165) is 12.5 Å². The highest BCUT2D eigenvalue weighted by Crippen LogP contribution is 2.18. The summed E-state index contributed by atoms with van der Waals surface area (Å²) in [6, 6.07) is 0.887. The minimum atomic E-state index is 0.339. The van der Waals surface area contributed by atoms with E-state index in [1.54, 1.807) is 0 Å². The van der Waals surface area contributed by atoms with Crippen LogP contribution in [0.4, 0.5) is 0 Å². The Kier molecular flexibility index (Phi) is 4.85. The highest BCUT2D eigenvalue weighted by Gasteiger charge is 2.22. The standard InChI is InChI=1S/C11H25N3/c1-9(2)13-8-11(12)10-4-6-14(3)7-5-10/h9-11,13H,4-8,12H2,1-3H3. The first-order valence-electron chi connectivity index (χ1n) is 5.77. The third kappa shape index (κ3) is 3.95. The van der Waals surface area contributed by atoms with Gasteiger partial charge in [0.05, 0.1) is 0 Å². The summed E-state index contributed by atoms with van der Waals surface area (Å²) >= 11 is 0. The topological polar surface area (TPSA) is 41.3 Å². The van der Waals surface area contributed by atoms with Gasteiger partial charge in [0.1, 0.15) is 0 Å². The lowest BCUT2D eigenvalue weighted by atomic mass is 9.90. The molecule has 0 amide bonds. The zero-order valence-corrected chi connectivity index (χ0v) is 9.79. The van der Waals surface area contributed by atoms with Crippen molar-refractivity contribution >= 4 is 0 Å². The van der Waals surface area contributed by atoms with Gasteiger partial charge < -0.3 is 16.0 Å². The summed E-state index contributed by atoms with van der Waals surface area (Å²) in [5.74, 6) is 0.720. The molecule has 0 bridgehead atoms. The fourth-order valence-electron chi connectivity index (χ4n) is 2.00. The first-order chi connectivity index (χ1) is 6.59. The Bertz CT molecular complexity index is 151. The average molecular weight is 199 g/mol. The molecular formula is C11H25N3. The molecule has 0 aromatic heterocycles. The van der Waals surface area contributed by atoms with Gasteiger partial charge in [-0.15, -0.1) is 0 Å². The predicted molar refractivity (Wildman–Crippen MR) is 61.3 cm³/mol. The van der Waals surface area contributed by atoms with E-state index in [2.05, 4.69) is 31.1 Å². The second kappa shape index (κ2) is 5.69. The Morgan fingerprint density at radius 1 is 1.36 bits per heavy atom. The Balaban J connectivity index is 2.20. The summed E-state index contributed by atoms with van der Waals surface area (Å²) in [5.41, 5.74) is 6.16. The van der Waals surface area contributed by atoms with Crippen LogP contribution >= 0.6 is 0 Å². The fraction of sp³-hybridized carbons (Fsp3) is 1.00. The lowest BCUT2D eigenvalue weighted by Crippen LogP contribution is -2.45. The molecule has 1 heterocycles. The van der Waals surface area contributed by atoms with Crippen molar-refractivity contribution < 1.29 is 0 Å². The van der Waals surface area contributed by atoms with Crippen LogP contribution < -0.4 is 11.1 Å². The monoisotopic (exact) mass is 199 g/mol. The highest BCUT2D eigenvalue weighted by molar-refractivity contribution is 4.80. The Morgan fingerprint density at radius 3 is 2.43 bits per heavy atom. The summed E-state index contributed by atoms with van der Waals surface area (Å²) in [6.07, 6.45) is 2.52. The van der Waals surface area contributed by atoms with Crippen molar-refractivity contribution in [3.63, 3.8) is 0 Å². The lowest BCUT2D eigenvalue weighted by Gasteiger charge is -2.33. The van der Waals surface area contributed by atoms with Crippen molar-refractivity contribution in [3.8, 4) is 0 Å². The van der Waals surface area contributed by atoms with Crippen LogP contribution in [0.3, 0.4) is 0 Å². The Labute approximate surface area is 88.0 Å². The molecule has 3 nitrogen and oxygen atoms in total. The molecule has 1 rings (SSSR count).